The van der Waals surface area contributed by atoms with Gasteiger partial charge in [0.25, 0.3) is 0 Å². The van der Waals surface area contributed by atoms with Gasteiger partial charge in [0.15, 0.2) is 0 Å². The van der Waals surface area contributed by atoms with Crippen molar-refractivity contribution in [1.82, 2.24) is 0 Å². The summed E-state index contributed by atoms with van der Waals surface area (Å²) in [7, 11) is -3.81. The first-order valence-corrected chi connectivity index (χ1v) is 8.44. The summed E-state index contributed by atoms with van der Waals surface area (Å²) in [5, 5.41) is 18.7. The number of nitrogens with one attached hydrogen (secondary N) is 1. The van der Waals surface area contributed by atoms with E-state index in [1.165, 1.54) is 41.0 Å². The Bertz CT molecular complexity index is 786. The van der Waals surface area contributed by atoms with Crippen LogP contribution in [0.3, 0.4) is 0 Å². The Labute approximate surface area is 130 Å². The molecule has 2 aromatic rings. The van der Waals surface area contributed by atoms with Gasteiger partial charge in [-0.1, -0.05) is 11.6 Å². The predicted molar refractivity (Wildman–Crippen MR) is 81.4 cm³/mol. The maximum absolute atomic E-state index is 11.3. The Morgan fingerprint density at radius 1 is 1.38 bits per heavy atom. The number of hydrogen-bond acceptors (Lipinski definition) is 5. The quantitative estimate of drug-likeness (QED) is 0.769. The van der Waals surface area contributed by atoms with Gasteiger partial charge in [-0.15, -0.1) is 11.3 Å². The number of thiophene rings is 1. The van der Waals surface area contributed by atoms with Crippen molar-refractivity contribution >= 4 is 44.6 Å². The minimum absolute atomic E-state index is 0.0493. The summed E-state index contributed by atoms with van der Waals surface area (Å²) in [6.45, 7) is 0.325. The highest BCUT2D eigenvalue weighted by Crippen LogP contribution is 2.26. The molecule has 112 valence electrons. The third-order valence-corrected chi connectivity index (χ3v) is 4.80. The van der Waals surface area contributed by atoms with E-state index in [4.69, 9.17) is 21.8 Å². The van der Waals surface area contributed by atoms with Crippen molar-refractivity contribution in [1.29, 1.82) is 0 Å². The van der Waals surface area contributed by atoms with Crippen LogP contribution >= 0.6 is 22.9 Å². The van der Waals surface area contributed by atoms with E-state index in [0.29, 0.717) is 17.3 Å². The second-order valence-electron chi connectivity index (χ2n) is 4.15. The molecule has 0 aliphatic rings. The molecular weight excluding hydrogens is 336 g/mol. The van der Waals surface area contributed by atoms with Gasteiger partial charge in [-0.05, 0) is 24.3 Å². The lowest BCUT2D eigenvalue weighted by Crippen LogP contribution is -2.12. The monoisotopic (exact) mass is 346 g/mol. The van der Waals surface area contributed by atoms with Gasteiger partial charge in [-0.3, -0.25) is 0 Å². The normalized spacial score (nSPS) is 11.3. The Hall–Kier alpha value is -1.61. The Kier molecular flexibility index (Phi) is 4.52. The second-order valence-corrected chi connectivity index (χ2v) is 7.11. The minimum Gasteiger partial charge on any atom is -0.478 e. The zero-order chi connectivity index (χ0) is 15.6. The average molecular weight is 347 g/mol. The summed E-state index contributed by atoms with van der Waals surface area (Å²) in [5.74, 6) is -0.994. The smallest absolute Gasteiger partial charge is 0.336 e. The van der Waals surface area contributed by atoms with E-state index in [0.717, 1.165) is 4.88 Å². The highest BCUT2D eigenvalue weighted by Gasteiger charge is 2.11. The number of rotatable bonds is 5. The number of primary sulfonamides is 1. The van der Waals surface area contributed by atoms with Gasteiger partial charge < -0.3 is 10.4 Å². The van der Waals surface area contributed by atoms with Crippen molar-refractivity contribution in [3.05, 3.63) is 45.1 Å². The van der Waals surface area contributed by atoms with Crippen LogP contribution in [0.2, 0.25) is 5.02 Å². The molecule has 1 heterocycles. The number of carboxylic acids is 1. The van der Waals surface area contributed by atoms with Crippen LogP contribution in [0.4, 0.5) is 5.69 Å². The lowest BCUT2D eigenvalue weighted by atomic mass is 10.3. The number of halogens is 1. The number of aromatic carboxylic acids is 1. The molecule has 0 unspecified atom stereocenters. The molecule has 9 heteroatoms. The van der Waals surface area contributed by atoms with Gasteiger partial charge in [0, 0.05) is 16.8 Å². The average Bonchev–Trinajstić information content (AvgIpc) is 2.85. The molecule has 0 spiro atoms. The lowest BCUT2D eigenvalue weighted by Gasteiger charge is -2.08. The molecule has 0 aliphatic carbocycles. The standard InChI is InChI=1S/C12H11ClN2O4S2/c13-10-2-1-9(21(14,18)19)4-11(10)15-5-8-3-7(6-20-8)12(16)17/h1-4,6,15H,5H2,(H,16,17)(H2,14,18,19). The molecule has 0 atom stereocenters. The molecule has 1 aromatic heterocycles. The van der Waals surface area contributed by atoms with Crippen LogP contribution in [0.15, 0.2) is 34.5 Å². The second kappa shape index (κ2) is 6.02. The zero-order valence-corrected chi connectivity index (χ0v) is 12.9. The summed E-state index contributed by atoms with van der Waals surface area (Å²) in [6, 6.07) is 5.62. The number of carboxylic acid groups (broad SMARTS) is 1. The zero-order valence-electron chi connectivity index (χ0n) is 10.5. The van der Waals surface area contributed by atoms with E-state index in [2.05, 4.69) is 5.32 Å². The Balaban J connectivity index is 2.17. The molecule has 0 amide bonds. The lowest BCUT2D eigenvalue weighted by molar-refractivity contribution is 0.0697. The molecule has 2 rings (SSSR count). The molecule has 21 heavy (non-hydrogen) atoms. The largest absolute Gasteiger partial charge is 0.478 e. The van der Waals surface area contributed by atoms with Gasteiger partial charge in [-0.25, -0.2) is 18.4 Å². The van der Waals surface area contributed by atoms with Crippen molar-refractivity contribution < 1.29 is 18.3 Å². The van der Waals surface area contributed by atoms with E-state index >= 15 is 0 Å². The fourth-order valence-corrected chi connectivity index (χ4v) is 3.11. The molecule has 6 nitrogen and oxygen atoms in total. The highest BCUT2D eigenvalue weighted by atomic mass is 35.5. The van der Waals surface area contributed by atoms with Gasteiger partial charge >= 0.3 is 5.97 Å². The van der Waals surface area contributed by atoms with Crippen LogP contribution < -0.4 is 10.5 Å². The number of nitrogens with two attached hydrogens (primary N) is 1. The predicted octanol–water partition coefficient (Wildman–Crippen LogP) is 2.36. The number of benzene rings is 1. The van der Waals surface area contributed by atoms with Crippen LogP contribution in [-0.4, -0.2) is 19.5 Å². The van der Waals surface area contributed by atoms with Crippen molar-refractivity contribution in [3.8, 4) is 0 Å². The van der Waals surface area contributed by atoms with Crippen molar-refractivity contribution in [2.45, 2.75) is 11.4 Å². The number of sulfonamides is 1. The van der Waals surface area contributed by atoms with Crippen LogP contribution in [0, 0.1) is 0 Å². The van der Waals surface area contributed by atoms with E-state index < -0.39 is 16.0 Å². The van der Waals surface area contributed by atoms with E-state index in [1.807, 2.05) is 0 Å². The molecule has 0 saturated carbocycles. The first-order chi connectivity index (χ1) is 9.77. The number of anilines is 1. The number of carbonyl (C=O) groups is 1. The Morgan fingerprint density at radius 3 is 2.67 bits per heavy atom. The molecular formula is C12H11ClN2O4S2. The number of hydrogen-bond donors (Lipinski definition) is 3. The van der Waals surface area contributed by atoms with Gasteiger partial charge in [0.2, 0.25) is 10.0 Å². The Morgan fingerprint density at radius 2 is 2.10 bits per heavy atom. The molecule has 0 radical (unpaired) electrons. The van der Waals surface area contributed by atoms with Gasteiger partial charge in [-0.2, -0.15) is 0 Å². The SMILES string of the molecule is NS(=O)(=O)c1ccc(Cl)c(NCc2cc(C(=O)O)cs2)c1. The van der Waals surface area contributed by atoms with Gasteiger partial charge in [0.1, 0.15) is 0 Å². The third-order valence-electron chi connectivity index (χ3n) is 2.62. The first kappa shape index (κ1) is 15.8. The summed E-state index contributed by atoms with van der Waals surface area (Å²) < 4.78 is 22.6. The van der Waals surface area contributed by atoms with Crippen molar-refractivity contribution in [3.63, 3.8) is 0 Å². The first-order valence-electron chi connectivity index (χ1n) is 5.64. The van der Waals surface area contributed by atoms with Gasteiger partial charge in [0.05, 0.1) is 21.2 Å². The van der Waals surface area contributed by atoms with E-state index in [9.17, 15) is 13.2 Å². The summed E-state index contributed by atoms with van der Waals surface area (Å²) in [6.07, 6.45) is 0. The topological polar surface area (TPSA) is 109 Å². The fourth-order valence-electron chi connectivity index (χ4n) is 1.58. The summed E-state index contributed by atoms with van der Waals surface area (Å²) in [5.41, 5.74) is 0.620. The summed E-state index contributed by atoms with van der Waals surface area (Å²) in [4.78, 5) is 11.5. The van der Waals surface area contributed by atoms with Crippen LogP contribution in [-0.2, 0) is 16.6 Å². The molecule has 0 fully saturated rings. The van der Waals surface area contributed by atoms with Crippen molar-refractivity contribution in [2.24, 2.45) is 5.14 Å². The van der Waals surface area contributed by atoms with Crippen LogP contribution in [0.1, 0.15) is 15.2 Å². The van der Waals surface area contributed by atoms with Crippen LogP contribution in [0.5, 0.6) is 0 Å². The molecule has 0 aliphatic heterocycles. The molecule has 0 saturated heterocycles. The third kappa shape index (κ3) is 3.94. The van der Waals surface area contributed by atoms with E-state index in [-0.39, 0.29) is 10.5 Å². The maximum atomic E-state index is 11.3. The molecule has 4 N–H and O–H groups in total. The highest BCUT2D eigenvalue weighted by molar-refractivity contribution is 7.89. The minimum atomic E-state index is -3.81. The van der Waals surface area contributed by atoms with Crippen LogP contribution in [0.25, 0.3) is 0 Å². The summed E-state index contributed by atoms with van der Waals surface area (Å²) >= 11 is 7.26. The maximum Gasteiger partial charge on any atom is 0.336 e. The van der Waals surface area contributed by atoms with Crippen molar-refractivity contribution in [2.75, 3.05) is 5.32 Å². The van der Waals surface area contributed by atoms with E-state index in [1.54, 1.807) is 0 Å². The molecule has 0 bridgehead atoms. The molecule has 1 aromatic carbocycles. The fraction of sp³-hybridized carbons (Fsp3) is 0.0833.